The van der Waals surface area contributed by atoms with Gasteiger partial charge in [-0.1, -0.05) is 13.8 Å². The van der Waals surface area contributed by atoms with Crippen LogP contribution < -0.4 is 5.32 Å². The molecule has 4 nitrogen and oxygen atoms in total. The van der Waals surface area contributed by atoms with Crippen LogP contribution >= 0.6 is 0 Å². The van der Waals surface area contributed by atoms with E-state index in [2.05, 4.69) is 43.0 Å². The summed E-state index contributed by atoms with van der Waals surface area (Å²) in [6.45, 7) is 10.7. The Morgan fingerprint density at radius 3 is 2.48 bits per heavy atom. The van der Waals surface area contributed by atoms with Gasteiger partial charge < -0.3 is 9.73 Å². The van der Waals surface area contributed by atoms with Crippen molar-refractivity contribution in [1.82, 2.24) is 15.3 Å². The highest BCUT2D eigenvalue weighted by atomic mass is 16.3. The highest BCUT2D eigenvalue weighted by molar-refractivity contribution is 5.53. The number of hydrogen-bond acceptors (Lipinski definition) is 4. The lowest BCUT2D eigenvalue weighted by molar-refractivity contribution is 0.542. The Hall–Kier alpha value is -1.68. The van der Waals surface area contributed by atoms with Crippen molar-refractivity contribution in [3.8, 4) is 11.4 Å². The molecule has 0 saturated carbocycles. The standard InChI is InChI=1S/C17H25N3O/c1-12(2)10-18-8-5-6-16-13(3)19-17(20-14(16)4)15-7-9-21-11-15/h7,9,11-12,18H,5-6,8,10H2,1-4H3. The number of rotatable bonds is 7. The molecule has 2 rings (SSSR count). The molecule has 2 aromatic heterocycles. The van der Waals surface area contributed by atoms with E-state index in [0.29, 0.717) is 5.92 Å². The summed E-state index contributed by atoms with van der Waals surface area (Å²) < 4.78 is 5.10. The van der Waals surface area contributed by atoms with Gasteiger partial charge in [-0.05, 0) is 57.3 Å². The van der Waals surface area contributed by atoms with Gasteiger partial charge in [0, 0.05) is 11.4 Å². The lowest BCUT2D eigenvalue weighted by Crippen LogP contribution is -2.21. The molecule has 0 aliphatic carbocycles. The van der Waals surface area contributed by atoms with E-state index in [0.717, 1.165) is 48.7 Å². The SMILES string of the molecule is Cc1nc(-c2ccoc2)nc(C)c1CCCNCC(C)C. The quantitative estimate of drug-likeness (QED) is 0.791. The molecule has 0 amide bonds. The minimum atomic E-state index is 0.700. The molecule has 0 saturated heterocycles. The van der Waals surface area contributed by atoms with Gasteiger partial charge in [-0.2, -0.15) is 0 Å². The van der Waals surface area contributed by atoms with Crippen LogP contribution in [0.15, 0.2) is 23.0 Å². The minimum Gasteiger partial charge on any atom is -0.472 e. The molecule has 4 heteroatoms. The highest BCUT2D eigenvalue weighted by Crippen LogP contribution is 2.19. The Morgan fingerprint density at radius 2 is 1.90 bits per heavy atom. The van der Waals surface area contributed by atoms with Crippen LogP contribution in [0.4, 0.5) is 0 Å². The van der Waals surface area contributed by atoms with Crippen LogP contribution in [0.5, 0.6) is 0 Å². The fourth-order valence-corrected chi connectivity index (χ4v) is 2.40. The molecule has 2 heterocycles. The third-order valence-electron chi connectivity index (χ3n) is 3.53. The van der Waals surface area contributed by atoms with E-state index in [1.807, 2.05) is 6.07 Å². The first-order valence-corrected chi connectivity index (χ1v) is 7.65. The summed E-state index contributed by atoms with van der Waals surface area (Å²) in [7, 11) is 0. The normalized spacial score (nSPS) is 11.3. The molecule has 0 aromatic carbocycles. The van der Waals surface area contributed by atoms with E-state index in [4.69, 9.17) is 4.42 Å². The Kier molecular flexibility index (Phi) is 5.51. The Bertz CT molecular complexity index is 538. The molecule has 1 N–H and O–H groups in total. The van der Waals surface area contributed by atoms with Gasteiger partial charge in [-0.15, -0.1) is 0 Å². The Balaban J connectivity index is 1.98. The lowest BCUT2D eigenvalue weighted by Gasteiger charge is -2.11. The van der Waals surface area contributed by atoms with Crippen LogP contribution in [0.2, 0.25) is 0 Å². The van der Waals surface area contributed by atoms with Crippen LogP contribution in [-0.2, 0) is 6.42 Å². The smallest absolute Gasteiger partial charge is 0.162 e. The maximum absolute atomic E-state index is 5.10. The predicted molar refractivity (Wildman–Crippen MR) is 85.2 cm³/mol. The highest BCUT2D eigenvalue weighted by Gasteiger charge is 2.10. The van der Waals surface area contributed by atoms with Crippen molar-refractivity contribution in [3.63, 3.8) is 0 Å². The average Bonchev–Trinajstić information content (AvgIpc) is 2.94. The fraction of sp³-hybridized carbons (Fsp3) is 0.529. The first-order chi connectivity index (χ1) is 10.1. The molecule has 0 unspecified atom stereocenters. The number of furan rings is 1. The van der Waals surface area contributed by atoms with Crippen LogP contribution in [0.1, 0.15) is 37.2 Å². The van der Waals surface area contributed by atoms with Crippen molar-refractivity contribution >= 4 is 0 Å². The van der Waals surface area contributed by atoms with Gasteiger partial charge in [-0.25, -0.2) is 9.97 Å². The Morgan fingerprint density at radius 1 is 1.19 bits per heavy atom. The van der Waals surface area contributed by atoms with Crippen LogP contribution in [-0.4, -0.2) is 23.1 Å². The summed E-state index contributed by atoms with van der Waals surface area (Å²) >= 11 is 0. The van der Waals surface area contributed by atoms with Gasteiger partial charge in [0.05, 0.1) is 11.8 Å². The summed E-state index contributed by atoms with van der Waals surface area (Å²) in [5, 5.41) is 3.47. The number of hydrogen-bond donors (Lipinski definition) is 1. The van der Waals surface area contributed by atoms with Crippen molar-refractivity contribution in [1.29, 1.82) is 0 Å². The zero-order valence-corrected chi connectivity index (χ0v) is 13.4. The van der Waals surface area contributed by atoms with Gasteiger partial charge in [0.2, 0.25) is 0 Å². The van der Waals surface area contributed by atoms with Crippen LogP contribution in [0.25, 0.3) is 11.4 Å². The summed E-state index contributed by atoms with van der Waals surface area (Å²) in [4.78, 5) is 9.22. The number of nitrogens with one attached hydrogen (secondary N) is 1. The van der Waals surface area contributed by atoms with Crippen LogP contribution in [0, 0.1) is 19.8 Å². The zero-order chi connectivity index (χ0) is 15.2. The van der Waals surface area contributed by atoms with E-state index in [1.54, 1.807) is 12.5 Å². The summed E-state index contributed by atoms with van der Waals surface area (Å²) in [6.07, 6.45) is 5.47. The first kappa shape index (κ1) is 15.7. The van der Waals surface area contributed by atoms with Gasteiger partial charge in [0.25, 0.3) is 0 Å². The molecule has 0 atom stereocenters. The maximum Gasteiger partial charge on any atom is 0.162 e. The molecule has 0 fully saturated rings. The molecule has 0 aliphatic rings. The first-order valence-electron chi connectivity index (χ1n) is 7.65. The van der Waals surface area contributed by atoms with Crippen molar-refractivity contribution in [3.05, 3.63) is 35.5 Å². The number of nitrogens with zero attached hydrogens (tertiary/aromatic N) is 2. The summed E-state index contributed by atoms with van der Waals surface area (Å²) in [6, 6.07) is 1.89. The molecule has 0 spiro atoms. The minimum absolute atomic E-state index is 0.700. The number of aryl methyl sites for hydroxylation is 2. The van der Waals surface area contributed by atoms with Gasteiger partial charge >= 0.3 is 0 Å². The summed E-state index contributed by atoms with van der Waals surface area (Å²) in [5.74, 6) is 1.45. The molecule has 0 aliphatic heterocycles. The predicted octanol–water partition coefficient (Wildman–Crippen LogP) is 3.53. The average molecular weight is 287 g/mol. The van der Waals surface area contributed by atoms with E-state index in [-0.39, 0.29) is 0 Å². The van der Waals surface area contributed by atoms with E-state index >= 15 is 0 Å². The molecule has 2 aromatic rings. The third kappa shape index (κ3) is 4.39. The maximum atomic E-state index is 5.10. The topological polar surface area (TPSA) is 51.0 Å². The van der Waals surface area contributed by atoms with Gasteiger partial charge in [0.1, 0.15) is 6.26 Å². The molecular weight excluding hydrogens is 262 g/mol. The van der Waals surface area contributed by atoms with Crippen molar-refractivity contribution < 1.29 is 4.42 Å². The molecule has 0 bridgehead atoms. The molecule has 0 radical (unpaired) electrons. The second-order valence-electron chi connectivity index (χ2n) is 5.91. The molecule has 114 valence electrons. The van der Waals surface area contributed by atoms with E-state index < -0.39 is 0 Å². The van der Waals surface area contributed by atoms with E-state index in [9.17, 15) is 0 Å². The van der Waals surface area contributed by atoms with Gasteiger partial charge in [0.15, 0.2) is 5.82 Å². The van der Waals surface area contributed by atoms with Crippen molar-refractivity contribution in [2.45, 2.75) is 40.5 Å². The molecule has 21 heavy (non-hydrogen) atoms. The molecular formula is C17H25N3O. The second-order valence-corrected chi connectivity index (χ2v) is 5.91. The van der Waals surface area contributed by atoms with E-state index in [1.165, 1.54) is 5.56 Å². The van der Waals surface area contributed by atoms with Crippen LogP contribution in [0.3, 0.4) is 0 Å². The van der Waals surface area contributed by atoms with Gasteiger partial charge in [-0.3, -0.25) is 0 Å². The largest absolute Gasteiger partial charge is 0.472 e. The third-order valence-corrected chi connectivity index (χ3v) is 3.53. The second kappa shape index (κ2) is 7.36. The fourth-order valence-electron chi connectivity index (χ4n) is 2.40. The monoisotopic (exact) mass is 287 g/mol. The number of aromatic nitrogens is 2. The van der Waals surface area contributed by atoms with Crippen molar-refractivity contribution in [2.24, 2.45) is 5.92 Å². The summed E-state index contributed by atoms with van der Waals surface area (Å²) in [5.41, 5.74) is 4.35. The Labute approximate surface area is 127 Å². The van der Waals surface area contributed by atoms with Crippen molar-refractivity contribution in [2.75, 3.05) is 13.1 Å². The zero-order valence-electron chi connectivity index (χ0n) is 13.4. The lowest BCUT2D eigenvalue weighted by atomic mass is 10.1.